The third kappa shape index (κ3) is 39.5. The van der Waals surface area contributed by atoms with E-state index in [0.717, 1.165) is 56.3 Å². The highest BCUT2D eigenvalue weighted by Gasteiger charge is 2.12. The molecule has 0 aromatic rings. The Kier molecular flexibility index (Phi) is 41.7. The summed E-state index contributed by atoms with van der Waals surface area (Å²) in [5.41, 5.74) is 0. The third-order valence-electron chi connectivity index (χ3n) is 12.1. The largest absolute Gasteiger partial charge is 0.466 e. The van der Waals surface area contributed by atoms with Gasteiger partial charge in [-0.3, -0.25) is 9.59 Å². The van der Waals surface area contributed by atoms with E-state index in [0.29, 0.717) is 26.1 Å². The van der Waals surface area contributed by atoms with E-state index in [2.05, 4.69) is 46.7 Å². The summed E-state index contributed by atoms with van der Waals surface area (Å²) in [6.07, 6.45) is 44.6. The molecule has 0 heterocycles. The Bertz CT molecular complexity index is 725. The van der Waals surface area contributed by atoms with Gasteiger partial charge in [0.05, 0.1) is 13.2 Å². The number of esters is 2. The Morgan fingerprint density at radius 2 is 0.636 bits per heavy atom. The Hall–Kier alpha value is -1.10. The van der Waals surface area contributed by atoms with Gasteiger partial charge in [-0.15, -0.1) is 0 Å². The molecule has 0 spiro atoms. The van der Waals surface area contributed by atoms with Crippen molar-refractivity contribution >= 4 is 11.9 Å². The molecule has 0 aliphatic rings. The molecule has 0 N–H and O–H groups in total. The van der Waals surface area contributed by atoms with Gasteiger partial charge in [0.25, 0.3) is 0 Å². The lowest BCUT2D eigenvalue weighted by atomic mass is 9.93. The van der Waals surface area contributed by atoms with Gasteiger partial charge in [-0.05, 0) is 70.4 Å². The van der Waals surface area contributed by atoms with E-state index in [4.69, 9.17) is 9.47 Å². The van der Waals surface area contributed by atoms with Gasteiger partial charge >= 0.3 is 11.9 Å². The molecule has 0 aliphatic heterocycles. The van der Waals surface area contributed by atoms with Crippen molar-refractivity contribution in [2.75, 3.05) is 33.9 Å². The molecule has 0 bridgehead atoms. The van der Waals surface area contributed by atoms with Crippen LogP contribution in [0.1, 0.15) is 259 Å². The van der Waals surface area contributed by atoms with Crippen molar-refractivity contribution in [3.8, 4) is 0 Å². The summed E-state index contributed by atoms with van der Waals surface area (Å²) < 4.78 is 11.2. The second-order valence-corrected chi connectivity index (χ2v) is 17.9. The molecular weight excluding hydrogens is 679 g/mol. The molecule has 5 nitrogen and oxygen atoms in total. The van der Waals surface area contributed by atoms with Crippen LogP contribution in [0.15, 0.2) is 0 Å². The topological polar surface area (TPSA) is 55.8 Å². The van der Waals surface area contributed by atoms with Crippen molar-refractivity contribution in [2.24, 2.45) is 17.8 Å². The van der Waals surface area contributed by atoms with Crippen LogP contribution in [-0.2, 0) is 19.1 Å². The predicted molar refractivity (Wildman–Crippen MR) is 240 cm³/mol. The first-order valence-electron chi connectivity index (χ1n) is 24.8. The molecular formula is C50H99NO4. The van der Waals surface area contributed by atoms with Crippen molar-refractivity contribution in [1.29, 1.82) is 0 Å². The van der Waals surface area contributed by atoms with Gasteiger partial charge in [-0.2, -0.15) is 0 Å². The number of hydrogen-bond acceptors (Lipinski definition) is 5. The first-order chi connectivity index (χ1) is 26.9. The van der Waals surface area contributed by atoms with Crippen LogP contribution in [0.2, 0.25) is 0 Å². The summed E-state index contributed by atoms with van der Waals surface area (Å²) in [5.74, 6) is 2.35. The summed E-state index contributed by atoms with van der Waals surface area (Å²) in [4.78, 5) is 26.8. The fraction of sp³-hybridized carbons (Fsp3) is 0.960. The summed E-state index contributed by atoms with van der Waals surface area (Å²) in [5, 5.41) is 0. The van der Waals surface area contributed by atoms with Gasteiger partial charge in [0.1, 0.15) is 0 Å². The number of ether oxygens (including phenoxy) is 2. The van der Waals surface area contributed by atoms with Gasteiger partial charge in [-0.1, -0.05) is 207 Å². The number of unbranched alkanes of at least 4 members (excludes halogenated alkanes) is 20. The maximum Gasteiger partial charge on any atom is 0.305 e. The molecule has 0 amide bonds. The van der Waals surface area contributed by atoms with Crippen LogP contribution in [-0.4, -0.2) is 50.7 Å². The number of carbonyl (C=O) groups excluding carboxylic acids is 2. The average Bonchev–Trinajstić information content (AvgIpc) is 3.17. The zero-order chi connectivity index (χ0) is 40.5. The number of carbonyl (C=O) groups is 2. The minimum Gasteiger partial charge on any atom is -0.466 e. The van der Waals surface area contributed by atoms with Crippen LogP contribution < -0.4 is 0 Å². The molecule has 5 heteroatoms. The minimum absolute atomic E-state index is 0.0194. The van der Waals surface area contributed by atoms with E-state index in [1.54, 1.807) is 0 Å². The normalized spacial score (nSPS) is 11.8. The Balaban J connectivity index is 3.73. The minimum atomic E-state index is 0.0194. The van der Waals surface area contributed by atoms with Crippen LogP contribution in [0.3, 0.4) is 0 Å². The number of nitrogens with zero attached hydrogens (tertiary/aromatic N) is 1. The van der Waals surface area contributed by atoms with E-state index in [1.165, 1.54) is 186 Å². The summed E-state index contributed by atoms with van der Waals surface area (Å²) >= 11 is 0. The van der Waals surface area contributed by atoms with E-state index >= 15 is 0 Å². The first kappa shape index (κ1) is 53.9. The fourth-order valence-corrected chi connectivity index (χ4v) is 8.38. The number of hydrogen-bond donors (Lipinski definition) is 0. The highest BCUT2D eigenvalue weighted by molar-refractivity contribution is 5.69. The molecule has 0 aromatic carbocycles. The lowest BCUT2D eigenvalue weighted by Crippen LogP contribution is -2.21. The van der Waals surface area contributed by atoms with Gasteiger partial charge in [0.15, 0.2) is 0 Å². The highest BCUT2D eigenvalue weighted by Crippen LogP contribution is 2.23. The SMILES string of the molecule is CCCCC(CCCC)CCOC(=O)CCCCCCCCCCCC(CCCCCCCCCCCC(=O)OCCC(CCCC)CCCC)CN(C)C. The van der Waals surface area contributed by atoms with Gasteiger partial charge < -0.3 is 14.4 Å². The molecule has 0 aromatic heterocycles. The smallest absolute Gasteiger partial charge is 0.305 e. The van der Waals surface area contributed by atoms with E-state index in [9.17, 15) is 9.59 Å². The molecule has 55 heavy (non-hydrogen) atoms. The predicted octanol–water partition coefficient (Wildman–Crippen LogP) is 15.6. The van der Waals surface area contributed by atoms with Gasteiger partial charge in [0, 0.05) is 19.4 Å². The van der Waals surface area contributed by atoms with Crippen LogP contribution in [0, 0.1) is 17.8 Å². The number of rotatable bonds is 44. The van der Waals surface area contributed by atoms with Crippen LogP contribution in [0.4, 0.5) is 0 Å². The molecule has 0 saturated carbocycles. The molecule has 0 aliphatic carbocycles. The van der Waals surface area contributed by atoms with Crippen molar-refractivity contribution in [3.05, 3.63) is 0 Å². The molecule has 0 radical (unpaired) electrons. The second kappa shape index (κ2) is 42.5. The van der Waals surface area contributed by atoms with E-state index < -0.39 is 0 Å². The molecule has 0 unspecified atom stereocenters. The standard InChI is InChI=1S/C50H99NO4/c1-7-11-33-46(34-12-8-2)41-43-54-49(52)39-31-27-23-19-15-17-21-25-29-37-48(45-51(5)6)38-30-26-22-18-16-20-24-28-32-40-50(53)55-44-42-47(35-13-9-3)36-14-10-4/h46-48H,7-45H2,1-6H3. The maximum absolute atomic E-state index is 12.2. The molecule has 0 saturated heterocycles. The molecule has 328 valence electrons. The molecule has 0 rings (SSSR count). The lowest BCUT2D eigenvalue weighted by molar-refractivity contribution is -0.145. The van der Waals surface area contributed by atoms with Gasteiger partial charge in [-0.25, -0.2) is 0 Å². The fourth-order valence-electron chi connectivity index (χ4n) is 8.38. The Labute approximate surface area is 345 Å². The third-order valence-corrected chi connectivity index (χ3v) is 12.1. The average molecular weight is 778 g/mol. The maximum atomic E-state index is 12.2. The van der Waals surface area contributed by atoms with Crippen LogP contribution in [0.5, 0.6) is 0 Å². The zero-order valence-corrected chi connectivity index (χ0v) is 38.4. The van der Waals surface area contributed by atoms with E-state index in [-0.39, 0.29) is 11.9 Å². The van der Waals surface area contributed by atoms with E-state index in [1.807, 2.05) is 0 Å². The molecule has 0 atom stereocenters. The molecule has 0 fully saturated rings. The highest BCUT2D eigenvalue weighted by atomic mass is 16.5. The van der Waals surface area contributed by atoms with Crippen molar-refractivity contribution in [2.45, 2.75) is 259 Å². The second-order valence-electron chi connectivity index (χ2n) is 17.9. The Morgan fingerprint density at radius 3 is 0.927 bits per heavy atom. The van der Waals surface area contributed by atoms with Gasteiger partial charge in [0.2, 0.25) is 0 Å². The Morgan fingerprint density at radius 1 is 0.364 bits per heavy atom. The van der Waals surface area contributed by atoms with Crippen LogP contribution >= 0.6 is 0 Å². The van der Waals surface area contributed by atoms with Crippen molar-refractivity contribution in [3.63, 3.8) is 0 Å². The summed E-state index contributed by atoms with van der Waals surface area (Å²) in [7, 11) is 4.47. The lowest BCUT2D eigenvalue weighted by Gasteiger charge is -2.21. The first-order valence-corrected chi connectivity index (χ1v) is 24.8. The summed E-state index contributed by atoms with van der Waals surface area (Å²) in [6, 6.07) is 0. The van der Waals surface area contributed by atoms with Crippen molar-refractivity contribution in [1.82, 2.24) is 4.90 Å². The van der Waals surface area contributed by atoms with Crippen molar-refractivity contribution < 1.29 is 19.1 Å². The zero-order valence-electron chi connectivity index (χ0n) is 38.4. The summed E-state index contributed by atoms with van der Waals surface area (Å²) in [6.45, 7) is 11.5. The van der Waals surface area contributed by atoms with Crippen LogP contribution in [0.25, 0.3) is 0 Å². The monoisotopic (exact) mass is 778 g/mol. The quantitative estimate of drug-likeness (QED) is 0.0455.